The Kier molecular flexibility index (Phi) is 10.8. The van der Waals surface area contributed by atoms with E-state index in [2.05, 4.69) is 50.9 Å². The van der Waals surface area contributed by atoms with E-state index < -0.39 is 0 Å². The number of rotatable bonds is 13. The third kappa shape index (κ3) is 8.41. The van der Waals surface area contributed by atoms with Gasteiger partial charge >= 0.3 is 0 Å². The number of allylic oxidation sites excluding steroid dienone is 7. The number of ether oxygens (including phenoxy) is 1. The zero-order valence-electron chi connectivity index (χ0n) is 18.9. The standard InChI is InChI=1S/C25H42N2O/c1-7-9-18-27-21(4)22(15-14-20(3)26)12-10-11-13-23-16-17-25(5,8-2)19-24(23)28-6/h14-16,19,27H,4,7-13,17-18,26H2,1-3,5-6H3/b20-14+,22-15-. The molecule has 0 saturated heterocycles. The summed E-state index contributed by atoms with van der Waals surface area (Å²) in [7, 11) is 1.79. The molecule has 0 heterocycles. The van der Waals surface area contributed by atoms with Crippen LogP contribution >= 0.6 is 0 Å². The van der Waals surface area contributed by atoms with Crippen LogP contribution in [0.25, 0.3) is 0 Å². The Morgan fingerprint density at radius 2 is 2.04 bits per heavy atom. The second-order valence-corrected chi connectivity index (χ2v) is 8.22. The molecule has 3 N–H and O–H groups in total. The lowest BCUT2D eigenvalue weighted by Crippen LogP contribution is -2.17. The summed E-state index contributed by atoms with van der Waals surface area (Å²) < 4.78 is 5.67. The van der Waals surface area contributed by atoms with Crippen molar-refractivity contribution in [3.63, 3.8) is 0 Å². The minimum atomic E-state index is 0.235. The summed E-state index contributed by atoms with van der Waals surface area (Å²) in [6.07, 6.45) is 17.7. The van der Waals surface area contributed by atoms with Gasteiger partial charge in [-0.25, -0.2) is 0 Å². The smallest absolute Gasteiger partial charge is 0.118 e. The molecule has 1 atom stereocenters. The fraction of sp³-hybridized carbons (Fsp3) is 0.600. The first-order valence-electron chi connectivity index (χ1n) is 10.9. The number of nitrogens with one attached hydrogen (secondary N) is 1. The number of unbranched alkanes of at least 4 members (excludes halogenated alkanes) is 2. The summed E-state index contributed by atoms with van der Waals surface area (Å²) in [6, 6.07) is 0. The normalized spacial score (nSPS) is 20.5. The van der Waals surface area contributed by atoms with Crippen molar-refractivity contribution in [3.05, 3.63) is 59.2 Å². The monoisotopic (exact) mass is 386 g/mol. The van der Waals surface area contributed by atoms with Gasteiger partial charge in [-0.15, -0.1) is 0 Å². The van der Waals surface area contributed by atoms with Gasteiger partial charge in [-0.1, -0.05) is 45.9 Å². The average molecular weight is 387 g/mol. The van der Waals surface area contributed by atoms with E-state index in [1.165, 1.54) is 17.6 Å². The number of hydrogen-bond donors (Lipinski definition) is 2. The number of methoxy groups -OCH3 is 1. The first kappa shape index (κ1) is 24.1. The van der Waals surface area contributed by atoms with E-state index in [0.717, 1.165) is 68.6 Å². The van der Waals surface area contributed by atoms with Crippen molar-refractivity contribution in [3.8, 4) is 0 Å². The third-order valence-corrected chi connectivity index (χ3v) is 5.58. The van der Waals surface area contributed by atoms with E-state index in [9.17, 15) is 0 Å². The van der Waals surface area contributed by atoms with Gasteiger partial charge in [0.1, 0.15) is 5.76 Å². The highest BCUT2D eigenvalue weighted by atomic mass is 16.5. The maximum atomic E-state index is 5.82. The van der Waals surface area contributed by atoms with E-state index in [-0.39, 0.29) is 5.41 Å². The highest BCUT2D eigenvalue weighted by Gasteiger charge is 2.24. The lowest BCUT2D eigenvalue weighted by atomic mass is 9.78. The molecule has 1 aliphatic carbocycles. The van der Waals surface area contributed by atoms with Gasteiger partial charge in [-0.05, 0) is 80.6 Å². The van der Waals surface area contributed by atoms with Crippen molar-refractivity contribution >= 4 is 0 Å². The summed E-state index contributed by atoms with van der Waals surface area (Å²) in [4.78, 5) is 0. The van der Waals surface area contributed by atoms with Crippen molar-refractivity contribution in [2.45, 2.75) is 79.1 Å². The molecular formula is C25H42N2O. The van der Waals surface area contributed by atoms with Crippen LogP contribution in [-0.4, -0.2) is 13.7 Å². The molecule has 0 aromatic carbocycles. The van der Waals surface area contributed by atoms with Crippen LogP contribution in [0.4, 0.5) is 0 Å². The van der Waals surface area contributed by atoms with Gasteiger partial charge in [-0.3, -0.25) is 0 Å². The molecule has 1 aliphatic rings. The van der Waals surface area contributed by atoms with Crippen molar-refractivity contribution in [1.29, 1.82) is 0 Å². The molecular weight excluding hydrogens is 344 g/mol. The number of hydrogen-bond acceptors (Lipinski definition) is 3. The van der Waals surface area contributed by atoms with Gasteiger partial charge in [0, 0.05) is 17.9 Å². The molecule has 1 rings (SSSR count). The molecule has 3 nitrogen and oxygen atoms in total. The van der Waals surface area contributed by atoms with Gasteiger partial charge < -0.3 is 15.8 Å². The van der Waals surface area contributed by atoms with E-state index in [4.69, 9.17) is 10.5 Å². The van der Waals surface area contributed by atoms with Crippen LogP contribution in [0.3, 0.4) is 0 Å². The van der Waals surface area contributed by atoms with Crippen LogP contribution in [0.5, 0.6) is 0 Å². The quantitative estimate of drug-likeness (QED) is 0.280. The van der Waals surface area contributed by atoms with Gasteiger partial charge in [0.15, 0.2) is 0 Å². The lowest BCUT2D eigenvalue weighted by molar-refractivity contribution is 0.275. The van der Waals surface area contributed by atoms with Crippen molar-refractivity contribution in [2.24, 2.45) is 11.1 Å². The molecule has 0 radical (unpaired) electrons. The molecule has 158 valence electrons. The van der Waals surface area contributed by atoms with Crippen LogP contribution in [0, 0.1) is 5.41 Å². The maximum Gasteiger partial charge on any atom is 0.118 e. The molecule has 0 spiro atoms. The fourth-order valence-electron chi connectivity index (χ4n) is 3.31. The van der Waals surface area contributed by atoms with Crippen molar-refractivity contribution < 1.29 is 4.74 Å². The zero-order valence-corrected chi connectivity index (χ0v) is 18.9. The maximum absolute atomic E-state index is 5.82. The zero-order chi connectivity index (χ0) is 21.0. The van der Waals surface area contributed by atoms with Crippen molar-refractivity contribution in [1.82, 2.24) is 5.32 Å². The molecule has 0 aliphatic heterocycles. The van der Waals surface area contributed by atoms with Crippen LogP contribution in [0.1, 0.15) is 79.1 Å². The van der Waals surface area contributed by atoms with Crippen LogP contribution in [0.15, 0.2) is 59.2 Å². The molecule has 0 amide bonds. The van der Waals surface area contributed by atoms with Crippen LogP contribution in [0.2, 0.25) is 0 Å². The van der Waals surface area contributed by atoms with E-state index in [1.807, 2.05) is 13.0 Å². The van der Waals surface area contributed by atoms with Crippen LogP contribution in [-0.2, 0) is 4.74 Å². The first-order valence-corrected chi connectivity index (χ1v) is 10.9. The molecule has 3 heteroatoms. The fourth-order valence-corrected chi connectivity index (χ4v) is 3.31. The van der Waals surface area contributed by atoms with Gasteiger partial charge in [0.05, 0.1) is 7.11 Å². The molecule has 0 aromatic rings. The Balaban J connectivity index is 2.60. The van der Waals surface area contributed by atoms with E-state index >= 15 is 0 Å². The minimum Gasteiger partial charge on any atom is -0.497 e. The summed E-state index contributed by atoms with van der Waals surface area (Å²) in [5.41, 5.74) is 10.5. The highest BCUT2D eigenvalue weighted by Crippen LogP contribution is 2.37. The Hall–Kier alpha value is -1.90. The summed E-state index contributed by atoms with van der Waals surface area (Å²) in [6.45, 7) is 13.9. The lowest BCUT2D eigenvalue weighted by Gasteiger charge is -2.29. The summed E-state index contributed by atoms with van der Waals surface area (Å²) in [5, 5.41) is 3.46. The third-order valence-electron chi connectivity index (χ3n) is 5.58. The molecule has 0 fully saturated rings. The summed E-state index contributed by atoms with van der Waals surface area (Å²) in [5.74, 6) is 1.07. The van der Waals surface area contributed by atoms with Gasteiger partial charge in [0.2, 0.25) is 0 Å². The molecule has 0 aromatic heterocycles. The topological polar surface area (TPSA) is 47.3 Å². The van der Waals surface area contributed by atoms with Gasteiger partial charge in [0.25, 0.3) is 0 Å². The van der Waals surface area contributed by atoms with Gasteiger partial charge in [-0.2, -0.15) is 0 Å². The SMILES string of the molecule is C=C(NCCCC)/C(=C\C=C(/C)N)CCCCC1=CCC(C)(CC)C=C1OC. The highest BCUT2D eigenvalue weighted by molar-refractivity contribution is 5.33. The van der Waals surface area contributed by atoms with E-state index in [0.29, 0.717) is 0 Å². The molecule has 1 unspecified atom stereocenters. The predicted octanol–water partition coefficient (Wildman–Crippen LogP) is 6.52. The average Bonchev–Trinajstić information content (AvgIpc) is 2.68. The summed E-state index contributed by atoms with van der Waals surface area (Å²) >= 11 is 0. The van der Waals surface area contributed by atoms with Crippen LogP contribution < -0.4 is 11.1 Å². The second-order valence-electron chi connectivity index (χ2n) is 8.22. The Labute approximate surface area is 173 Å². The molecule has 28 heavy (non-hydrogen) atoms. The van der Waals surface area contributed by atoms with Crippen molar-refractivity contribution in [2.75, 3.05) is 13.7 Å². The van der Waals surface area contributed by atoms with E-state index in [1.54, 1.807) is 7.11 Å². The predicted molar refractivity (Wildman–Crippen MR) is 123 cm³/mol. The largest absolute Gasteiger partial charge is 0.497 e. The Morgan fingerprint density at radius 3 is 2.64 bits per heavy atom. The second kappa shape index (κ2) is 12.5. The first-order chi connectivity index (χ1) is 13.3. The minimum absolute atomic E-state index is 0.235. The molecule has 0 bridgehead atoms. The number of nitrogens with two attached hydrogens (primary N) is 1. The Bertz CT molecular complexity index is 620. The molecule has 0 saturated carbocycles. The Morgan fingerprint density at radius 1 is 1.29 bits per heavy atom.